The number of rotatable bonds is 18. The Bertz CT molecular complexity index is 718. The molecule has 0 unspecified atom stereocenters. The topological polar surface area (TPSA) is 62.3 Å². The van der Waals surface area contributed by atoms with E-state index >= 15 is 0 Å². The predicted molar refractivity (Wildman–Crippen MR) is 147 cm³/mol. The van der Waals surface area contributed by atoms with Gasteiger partial charge < -0.3 is 9.53 Å². The van der Waals surface area contributed by atoms with Gasteiger partial charge in [-0.2, -0.15) is 0 Å². The second-order valence-corrected chi connectivity index (χ2v) is 16.8. The summed E-state index contributed by atoms with van der Waals surface area (Å²) in [6, 6.07) is 0. The summed E-state index contributed by atoms with van der Waals surface area (Å²) in [4.78, 5) is 14.3. The summed E-state index contributed by atoms with van der Waals surface area (Å²) in [6.45, 7) is 13.9. The van der Waals surface area contributed by atoms with Gasteiger partial charge in [0.2, 0.25) is 5.88 Å². The van der Waals surface area contributed by atoms with Crippen LogP contribution in [0.2, 0.25) is 18.1 Å². The summed E-state index contributed by atoms with van der Waals surface area (Å²) < 4.78 is 6.66. The van der Waals surface area contributed by atoms with E-state index in [0.717, 1.165) is 35.5 Å². The first kappa shape index (κ1) is 30.2. The lowest BCUT2D eigenvalue weighted by atomic mass is 10.1. The third-order valence-corrected chi connectivity index (χ3v) is 12.4. The van der Waals surface area contributed by atoms with Crippen LogP contribution in [0.15, 0.2) is 16.9 Å². The van der Waals surface area contributed by atoms with Gasteiger partial charge in [0.1, 0.15) is 0 Å². The van der Waals surface area contributed by atoms with Crippen molar-refractivity contribution in [1.82, 2.24) is 4.98 Å². The second-order valence-electron chi connectivity index (χ2n) is 11.0. The molecule has 1 aromatic heterocycles. The molecule has 6 heteroatoms. The number of unbranched alkanes of at least 4 members (excludes halogenated alkanes) is 10. The van der Waals surface area contributed by atoms with Gasteiger partial charge in [-0.3, -0.25) is 9.78 Å². The van der Waals surface area contributed by atoms with Crippen molar-refractivity contribution in [2.24, 2.45) is 0 Å². The van der Waals surface area contributed by atoms with Crippen molar-refractivity contribution < 1.29 is 9.53 Å². The van der Waals surface area contributed by atoms with Gasteiger partial charge in [-0.1, -0.05) is 109 Å². The second kappa shape index (κ2) is 15.9. The monoisotopic (exact) mass is 497 g/mol. The molecule has 2 N–H and O–H groups in total. The lowest BCUT2D eigenvalue weighted by Gasteiger charge is -2.38. The minimum atomic E-state index is -1.72. The Labute approximate surface area is 208 Å². The van der Waals surface area contributed by atoms with E-state index in [0.29, 0.717) is 0 Å². The number of nitrogens with one attached hydrogen (secondary N) is 1. The van der Waals surface area contributed by atoms with Crippen LogP contribution in [0.5, 0.6) is 5.88 Å². The van der Waals surface area contributed by atoms with Crippen LogP contribution in [0.25, 0.3) is 0 Å². The molecular weight excluding hydrogens is 446 g/mol. The Morgan fingerprint density at radius 3 is 2.09 bits per heavy atom. The van der Waals surface area contributed by atoms with E-state index in [9.17, 15) is 9.90 Å². The van der Waals surface area contributed by atoms with Gasteiger partial charge in [0.25, 0.3) is 0 Å². The molecule has 0 aromatic carbocycles. The molecule has 33 heavy (non-hydrogen) atoms. The summed E-state index contributed by atoms with van der Waals surface area (Å²) in [6.07, 6.45) is 21.9. The first-order chi connectivity index (χ1) is 15.6. The van der Waals surface area contributed by atoms with E-state index in [-0.39, 0.29) is 21.9 Å². The molecule has 0 fully saturated rings. The Morgan fingerprint density at radius 1 is 1.00 bits per heavy atom. The van der Waals surface area contributed by atoms with Crippen molar-refractivity contribution in [1.29, 1.82) is 0 Å². The molecule has 0 saturated heterocycles. The summed E-state index contributed by atoms with van der Waals surface area (Å²) in [7, 11) is -1.72. The van der Waals surface area contributed by atoms with Gasteiger partial charge >= 0.3 is 4.87 Å². The number of hydrogen-bond donors (Lipinski definition) is 2. The molecule has 0 aliphatic rings. The van der Waals surface area contributed by atoms with Crippen molar-refractivity contribution >= 4 is 19.7 Å². The van der Waals surface area contributed by atoms with Crippen LogP contribution >= 0.6 is 11.3 Å². The molecule has 1 rings (SSSR count). The molecule has 0 spiro atoms. The highest BCUT2D eigenvalue weighted by atomic mass is 32.1. The first-order valence-electron chi connectivity index (χ1n) is 13.3. The van der Waals surface area contributed by atoms with Crippen molar-refractivity contribution in [3.8, 4) is 5.88 Å². The Morgan fingerprint density at radius 2 is 1.58 bits per heavy atom. The fraction of sp³-hybridized carbons (Fsp3) is 0.815. The van der Waals surface area contributed by atoms with Crippen LogP contribution < -0.4 is 4.87 Å². The highest BCUT2D eigenvalue weighted by molar-refractivity contribution is 7.09. The molecule has 1 atom stereocenters. The zero-order valence-electron chi connectivity index (χ0n) is 22.3. The Balaban J connectivity index is 2.09. The Kier molecular flexibility index (Phi) is 14.6. The van der Waals surface area contributed by atoms with E-state index in [2.05, 4.69) is 57.9 Å². The number of aromatic amines is 1. The first-order valence-corrected chi connectivity index (χ1v) is 17.0. The van der Waals surface area contributed by atoms with Gasteiger partial charge in [-0.05, 0) is 50.2 Å². The number of aromatic nitrogens is 1. The van der Waals surface area contributed by atoms with Crippen molar-refractivity contribution in [2.45, 2.75) is 142 Å². The van der Waals surface area contributed by atoms with Gasteiger partial charge in [0.05, 0.1) is 11.0 Å². The predicted octanol–water partition coefficient (Wildman–Crippen LogP) is 8.72. The summed E-state index contributed by atoms with van der Waals surface area (Å²) in [5.74, 6) is 0.0689. The largest absolute Gasteiger partial charge is 0.494 e. The Hall–Kier alpha value is -0.853. The van der Waals surface area contributed by atoms with Gasteiger partial charge in [0.15, 0.2) is 8.32 Å². The smallest absolute Gasteiger partial charge is 0.307 e. The standard InChI is InChI=1S/C27H51NO3SSi/c1-7-8-20-23(31-33(5,6)27(2,3)4)21-18-16-14-12-10-9-11-13-15-17-19-22-24-25(29)28-26(30)32-24/h18,21,23,29H,7-17,19-20,22H2,1-6H3,(H,28,30)/t23-/m1/s1. The van der Waals surface area contributed by atoms with E-state index in [4.69, 9.17) is 4.43 Å². The van der Waals surface area contributed by atoms with Crippen LogP contribution in [0, 0.1) is 0 Å². The van der Waals surface area contributed by atoms with Gasteiger partial charge in [-0.15, -0.1) is 0 Å². The number of allylic oxidation sites excluding steroid dienone is 1. The molecule has 4 nitrogen and oxygen atoms in total. The molecule has 0 bridgehead atoms. The highest BCUT2D eigenvalue weighted by Crippen LogP contribution is 2.38. The zero-order chi connectivity index (χ0) is 24.7. The number of thiazole rings is 1. The van der Waals surface area contributed by atoms with E-state index in [1.54, 1.807) is 0 Å². The molecule has 0 aliphatic heterocycles. The summed E-state index contributed by atoms with van der Waals surface area (Å²) >= 11 is 1.13. The average Bonchev–Trinajstić information content (AvgIpc) is 3.05. The van der Waals surface area contributed by atoms with Crippen LogP contribution in [0.4, 0.5) is 0 Å². The fourth-order valence-corrected chi connectivity index (χ4v) is 5.78. The van der Waals surface area contributed by atoms with Gasteiger partial charge in [0, 0.05) is 0 Å². The third-order valence-electron chi connectivity index (χ3n) is 6.92. The quantitative estimate of drug-likeness (QED) is 0.121. The summed E-state index contributed by atoms with van der Waals surface area (Å²) in [5, 5.41) is 9.85. The van der Waals surface area contributed by atoms with Crippen molar-refractivity contribution in [3.63, 3.8) is 0 Å². The number of aryl methyl sites for hydroxylation is 1. The van der Waals surface area contributed by atoms with E-state index < -0.39 is 8.32 Å². The normalized spacial score (nSPS) is 13.8. The molecule has 0 saturated carbocycles. The maximum atomic E-state index is 11.2. The molecule has 0 aliphatic carbocycles. The van der Waals surface area contributed by atoms with Crippen LogP contribution in [-0.2, 0) is 10.8 Å². The summed E-state index contributed by atoms with van der Waals surface area (Å²) in [5.41, 5.74) is 0. The fourth-order valence-electron chi connectivity index (χ4n) is 3.71. The number of H-pyrrole nitrogens is 1. The third kappa shape index (κ3) is 13.0. The molecular formula is C27H51NO3SSi. The van der Waals surface area contributed by atoms with Crippen molar-refractivity contribution in [2.75, 3.05) is 0 Å². The highest BCUT2D eigenvalue weighted by Gasteiger charge is 2.38. The van der Waals surface area contributed by atoms with E-state index in [1.807, 2.05) is 0 Å². The number of aromatic hydroxyl groups is 1. The SMILES string of the molecule is CCCC[C@H](C=CCCCCCCCCCCCc1sc(=O)[nH]c1O)O[Si](C)(C)C(C)(C)C. The maximum absolute atomic E-state index is 11.2. The van der Waals surface area contributed by atoms with E-state index in [1.165, 1.54) is 70.6 Å². The molecule has 0 radical (unpaired) electrons. The molecule has 0 amide bonds. The average molecular weight is 498 g/mol. The van der Waals surface area contributed by atoms with Crippen LogP contribution in [-0.4, -0.2) is 24.5 Å². The van der Waals surface area contributed by atoms with Crippen molar-refractivity contribution in [3.05, 3.63) is 26.7 Å². The lowest BCUT2D eigenvalue weighted by Crippen LogP contribution is -2.43. The lowest BCUT2D eigenvalue weighted by molar-refractivity contribution is 0.211. The number of hydrogen-bond acceptors (Lipinski definition) is 4. The van der Waals surface area contributed by atoms with Gasteiger partial charge in [-0.25, -0.2) is 0 Å². The molecule has 192 valence electrons. The van der Waals surface area contributed by atoms with Crippen LogP contribution in [0.3, 0.4) is 0 Å². The van der Waals surface area contributed by atoms with Crippen LogP contribution in [0.1, 0.15) is 116 Å². The maximum Gasteiger partial charge on any atom is 0.307 e. The zero-order valence-corrected chi connectivity index (χ0v) is 24.1. The minimum absolute atomic E-state index is 0.0689. The molecule has 1 heterocycles. The minimum Gasteiger partial charge on any atom is -0.494 e. The molecule has 1 aromatic rings.